The highest BCUT2D eigenvalue weighted by atomic mass is 16.5. The molecule has 1 aliphatic rings. The van der Waals surface area contributed by atoms with Gasteiger partial charge in [0.25, 0.3) is 0 Å². The molecule has 1 amide bonds. The van der Waals surface area contributed by atoms with Crippen LogP contribution in [0.15, 0.2) is 48.7 Å². The third-order valence-electron chi connectivity index (χ3n) is 4.53. The molecule has 2 aromatic rings. The molecule has 3 rings (SSSR count). The minimum absolute atomic E-state index is 0.131. The van der Waals surface area contributed by atoms with Gasteiger partial charge >= 0.3 is 0 Å². The molecule has 0 saturated carbocycles. The SMILES string of the molecule is COc1ccc([C@@H]2CN(C(C)=O)CCN2Cc2ccccn2)cc1. The number of piperazine rings is 1. The highest BCUT2D eigenvalue weighted by molar-refractivity contribution is 5.73. The number of hydrogen-bond acceptors (Lipinski definition) is 4. The summed E-state index contributed by atoms with van der Waals surface area (Å²) < 4.78 is 5.25. The molecular weight excluding hydrogens is 302 g/mol. The minimum atomic E-state index is 0.131. The van der Waals surface area contributed by atoms with Gasteiger partial charge in [0.2, 0.25) is 5.91 Å². The topological polar surface area (TPSA) is 45.7 Å². The van der Waals surface area contributed by atoms with E-state index in [-0.39, 0.29) is 11.9 Å². The largest absolute Gasteiger partial charge is 0.497 e. The number of aromatic nitrogens is 1. The number of carbonyl (C=O) groups is 1. The standard InChI is InChI=1S/C19H23N3O2/c1-15(23)21-11-12-22(13-17-5-3-4-10-20-17)19(14-21)16-6-8-18(24-2)9-7-16/h3-10,19H,11-14H2,1-2H3/t19-/m0/s1. The maximum absolute atomic E-state index is 11.8. The lowest BCUT2D eigenvalue weighted by Crippen LogP contribution is -2.49. The summed E-state index contributed by atoms with van der Waals surface area (Å²) in [6.45, 7) is 4.72. The van der Waals surface area contributed by atoms with Gasteiger partial charge in [0, 0.05) is 39.3 Å². The number of methoxy groups -OCH3 is 1. The first-order valence-electron chi connectivity index (χ1n) is 8.21. The van der Waals surface area contributed by atoms with Crippen molar-refractivity contribution in [1.29, 1.82) is 0 Å². The molecule has 0 bridgehead atoms. The minimum Gasteiger partial charge on any atom is -0.497 e. The normalized spacial score (nSPS) is 18.4. The average Bonchev–Trinajstić information content (AvgIpc) is 2.63. The first-order valence-corrected chi connectivity index (χ1v) is 8.21. The maximum atomic E-state index is 11.8. The molecule has 1 aromatic carbocycles. The van der Waals surface area contributed by atoms with Gasteiger partial charge in [-0.1, -0.05) is 18.2 Å². The van der Waals surface area contributed by atoms with Gasteiger partial charge in [0.1, 0.15) is 5.75 Å². The van der Waals surface area contributed by atoms with E-state index in [4.69, 9.17) is 4.74 Å². The van der Waals surface area contributed by atoms with E-state index >= 15 is 0 Å². The van der Waals surface area contributed by atoms with Crippen LogP contribution in [-0.2, 0) is 11.3 Å². The molecule has 0 aliphatic carbocycles. The monoisotopic (exact) mass is 325 g/mol. The summed E-state index contributed by atoms with van der Waals surface area (Å²) in [4.78, 5) is 20.6. The molecule has 5 heteroatoms. The van der Waals surface area contributed by atoms with Crippen molar-refractivity contribution in [3.8, 4) is 5.75 Å². The van der Waals surface area contributed by atoms with Crippen molar-refractivity contribution in [3.63, 3.8) is 0 Å². The van der Waals surface area contributed by atoms with E-state index < -0.39 is 0 Å². The predicted molar refractivity (Wildman–Crippen MR) is 92.6 cm³/mol. The van der Waals surface area contributed by atoms with Crippen LogP contribution in [0.4, 0.5) is 0 Å². The quantitative estimate of drug-likeness (QED) is 0.866. The van der Waals surface area contributed by atoms with Crippen molar-refractivity contribution < 1.29 is 9.53 Å². The Morgan fingerprint density at radius 3 is 2.62 bits per heavy atom. The zero-order valence-electron chi connectivity index (χ0n) is 14.2. The van der Waals surface area contributed by atoms with Crippen LogP contribution in [0.3, 0.4) is 0 Å². The van der Waals surface area contributed by atoms with Crippen LogP contribution >= 0.6 is 0 Å². The van der Waals surface area contributed by atoms with Crippen LogP contribution in [0.1, 0.15) is 24.2 Å². The van der Waals surface area contributed by atoms with E-state index in [1.165, 1.54) is 5.56 Å². The Morgan fingerprint density at radius 2 is 2.00 bits per heavy atom. The number of ether oxygens (including phenoxy) is 1. The number of hydrogen-bond donors (Lipinski definition) is 0. The zero-order chi connectivity index (χ0) is 16.9. The lowest BCUT2D eigenvalue weighted by Gasteiger charge is -2.41. The molecule has 0 N–H and O–H groups in total. The van der Waals surface area contributed by atoms with E-state index in [1.54, 1.807) is 14.0 Å². The van der Waals surface area contributed by atoms with E-state index in [1.807, 2.05) is 41.4 Å². The van der Waals surface area contributed by atoms with Gasteiger partial charge in [-0.3, -0.25) is 14.7 Å². The van der Waals surface area contributed by atoms with E-state index in [9.17, 15) is 4.79 Å². The first kappa shape index (κ1) is 16.5. The number of amides is 1. The molecule has 1 saturated heterocycles. The van der Waals surface area contributed by atoms with Gasteiger partial charge in [-0.25, -0.2) is 0 Å². The van der Waals surface area contributed by atoms with Crippen LogP contribution in [0.2, 0.25) is 0 Å². The van der Waals surface area contributed by atoms with Crippen LogP contribution in [-0.4, -0.2) is 47.4 Å². The van der Waals surface area contributed by atoms with Gasteiger partial charge in [0.05, 0.1) is 18.8 Å². The Kier molecular flexibility index (Phi) is 5.11. The third kappa shape index (κ3) is 3.74. The summed E-state index contributed by atoms with van der Waals surface area (Å²) >= 11 is 0. The molecule has 0 spiro atoms. The number of nitrogens with zero attached hydrogens (tertiary/aromatic N) is 3. The number of carbonyl (C=O) groups excluding carboxylic acids is 1. The molecule has 5 nitrogen and oxygen atoms in total. The average molecular weight is 325 g/mol. The summed E-state index contributed by atoms with van der Waals surface area (Å²) in [5.74, 6) is 0.972. The van der Waals surface area contributed by atoms with Gasteiger partial charge in [0.15, 0.2) is 0 Å². The highest BCUT2D eigenvalue weighted by Crippen LogP contribution is 2.28. The second kappa shape index (κ2) is 7.45. The smallest absolute Gasteiger partial charge is 0.219 e. The van der Waals surface area contributed by atoms with Gasteiger partial charge in [-0.05, 0) is 29.8 Å². The number of pyridine rings is 1. The van der Waals surface area contributed by atoms with E-state index in [0.29, 0.717) is 6.54 Å². The van der Waals surface area contributed by atoms with Crippen LogP contribution in [0, 0.1) is 0 Å². The molecule has 1 fully saturated rings. The Bertz CT molecular complexity index is 673. The molecule has 1 aliphatic heterocycles. The lowest BCUT2D eigenvalue weighted by molar-refractivity contribution is -0.132. The fraction of sp³-hybridized carbons (Fsp3) is 0.368. The van der Waals surface area contributed by atoms with Crippen molar-refractivity contribution in [3.05, 3.63) is 59.9 Å². The third-order valence-corrected chi connectivity index (χ3v) is 4.53. The predicted octanol–water partition coefficient (Wildman–Crippen LogP) is 2.50. The van der Waals surface area contributed by atoms with Gasteiger partial charge in [-0.15, -0.1) is 0 Å². The van der Waals surface area contributed by atoms with Gasteiger partial charge in [-0.2, -0.15) is 0 Å². The molecule has 24 heavy (non-hydrogen) atoms. The summed E-state index contributed by atoms with van der Waals surface area (Å²) in [6, 6.07) is 14.3. The second-order valence-electron chi connectivity index (χ2n) is 6.05. The first-order chi connectivity index (χ1) is 11.7. The summed E-state index contributed by atoms with van der Waals surface area (Å²) in [5, 5.41) is 0. The molecule has 1 aromatic heterocycles. The second-order valence-corrected chi connectivity index (χ2v) is 6.05. The van der Waals surface area contributed by atoms with Crippen molar-refractivity contribution in [2.24, 2.45) is 0 Å². The van der Waals surface area contributed by atoms with Crippen molar-refractivity contribution in [2.45, 2.75) is 19.5 Å². The zero-order valence-corrected chi connectivity index (χ0v) is 14.2. The van der Waals surface area contributed by atoms with E-state index in [0.717, 1.165) is 31.1 Å². The summed E-state index contributed by atoms with van der Waals surface area (Å²) in [5.41, 5.74) is 2.24. The van der Waals surface area contributed by atoms with Crippen LogP contribution in [0.5, 0.6) is 5.75 Å². The maximum Gasteiger partial charge on any atom is 0.219 e. The Morgan fingerprint density at radius 1 is 1.21 bits per heavy atom. The number of benzene rings is 1. The van der Waals surface area contributed by atoms with Crippen LogP contribution in [0.25, 0.3) is 0 Å². The highest BCUT2D eigenvalue weighted by Gasteiger charge is 2.29. The van der Waals surface area contributed by atoms with Crippen molar-refractivity contribution >= 4 is 5.91 Å². The van der Waals surface area contributed by atoms with Crippen molar-refractivity contribution in [2.75, 3.05) is 26.7 Å². The Labute approximate surface area is 142 Å². The molecule has 0 unspecified atom stereocenters. The molecule has 126 valence electrons. The molecular formula is C19H23N3O2. The number of rotatable bonds is 4. The fourth-order valence-corrected chi connectivity index (χ4v) is 3.14. The summed E-state index contributed by atoms with van der Waals surface area (Å²) in [7, 11) is 1.67. The van der Waals surface area contributed by atoms with E-state index in [2.05, 4.69) is 22.0 Å². The lowest BCUT2D eigenvalue weighted by atomic mass is 10.0. The molecule has 1 atom stereocenters. The summed E-state index contributed by atoms with van der Waals surface area (Å²) in [6.07, 6.45) is 1.82. The molecule has 0 radical (unpaired) electrons. The molecule has 2 heterocycles. The fourth-order valence-electron chi connectivity index (χ4n) is 3.14. The Balaban J connectivity index is 1.83. The van der Waals surface area contributed by atoms with Crippen LogP contribution < -0.4 is 4.74 Å². The van der Waals surface area contributed by atoms with Gasteiger partial charge < -0.3 is 9.64 Å². The Hall–Kier alpha value is -2.40. The van der Waals surface area contributed by atoms with Crippen molar-refractivity contribution in [1.82, 2.24) is 14.8 Å².